The van der Waals surface area contributed by atoms with Gasteiger partial charge in [-0.05, 0) is 57.2 Å². The van der Waals surface area contributed by atoms with Crippen LogP contribution in [0.3, 0.4) is 0 Å². The first-order chi connectivity index (χ1) is 5.83. The molecule has 0 saturated heterocycles. The molecule has 1 atom stereocenters. The molecule has 1 saturated carbocycles. The van der Waals surface area contributed by atoms with E-state index in [1.54, 1.807) is 0 Å². The van der Waals surface area contributed by atoms with Gasteiger partial charge in [0.25, 0.3) is 0 Å². The highest BCUT2D eigenvalue weighted by Gasteiger charge is 2.20. The van der Waals surface area contributed by atoms with Crippen LogP contribution in [0.25, 0.3) is 0 Å². The first kappa shape index (κ1) is 10.0. The van der Waals surface area contributed by atoms with Crippen LogP contribution in [0.15, 0.2) is 0 Å². The highest BCUT2D eigenvalue weighted by molar-refractivity contribution is 4.75. The summed E-state index contributed by atoms with van der Waals surface area (Å²) in [5.74, 6) is 1.80. The van der Waals surface area contributed by atoms with Gasteiger partial charge < -0.3 is 11.1 Å². The summed E-state index contributed by atoms with van der Waals surface area (Å²) >= 11 is 0. The van der Waals surface area contributed by atoms with Gasteiger partial charge in [-0.15, -0.1) is 0 Å². The molecule has 0 heterocycles. The fourth-order valence-electron chi connectivity index (χ4n) is 1.42. The molecule has 3 N–H and O–H groups in total. The van der Waals surface area contributed by atoms with E-state index in [1.807, 2.05) is 0 Å². The molecule has 0 spiro atoms. The van der Waals surface area contributed by atoms with E-state index >= 15 is 0 Å². The third kappa shape index (κ3) is 4.73. The van der Waals surface area contributed by atoms with E-state index in [-0.39, 0.29) is 0 Å². The van der Waals surface area contributed by atoms with Gasteiger partial charge in [-0.2, -0.15) is 0 Å². The van der Waals surface area contributed by atoms with Gasteiger partial charge in [-0.3, -0.25) is 0 Å². The van der Waals surface area contributed by atoms with Crippen molar-refractivity contribution in [1.29, 1.82) is 0 Å². The summed E-state index contributed by atoms with van der Waals surface area (Å²) < 4.78 is 0. The maximum Gasteiger partial charge on any atom is -0.00204 e. The molecule has 0 aliphatic heterocycles. The van der Waals surface area contributed by atoms with Crippen LogP contribution >= 0.6 is 0 Å². The predicted octanol–water partition coefficient (Wildman–Crippen LogP) is 1.36. The summed E-state index contributed by atoms with van der Waals surface area (Å²) in [5, 5.41) is 3.52. The fourth-order valence-corrected chi connectivity index (χ4v) is 1.42. The van der Waals surface area contributed by atoms with Gasteiger partial charge in [0.1, 0.15) is 0 Å². The molecule has 1 aliphatic rings. The summed E-state index contributed by atoms with van der Waals surface area (Å²) in [4.78, 5) is 0. The van der Waals surface area contributed by atoms with E-state index in [4.69, 9.17) is 5.73 Å². The number of hydrogen-bond acceptors (Lipinski definition) is 2. The molecule has 0 aromatic carbocycles. The van der Waals surface area contributed by atoms with Crippen molar-refractivity contribution in [2.45, 2.75) is 32.6 Å². The highest BCUT2D eigenvalue weighted by atomic mass is 14.9. The van der Waals surface area contributed by atoms with Gasteiger partial charge in [0, 0.05) is 0 Å². The Morgan fingerprint density at radius 1 is 1.50 bits per heavy atom. The lowest BCUT2D eigenvalue weighted by Crippen LogP contribution is -2.23. The first-order valence-electron chi connectivity index (χ1n) is 5.23. The Bertz CT molecular complexity index is 110. The van der Waals surface area contributed by atoms with Crippen LogP contribution in [-0.4, -0.2) is 19.6 Å². The summed E-state index contributed by atoms with van der Waals surface area (Å²) in [5.41, 5.74) is 5.44. The molecule has 0 radical (unpaired) electrons. The van der Waals surface area contributed by atoms with Crippen LogP contribution in [0.2, 0.25) is 0 Å². The highest BCUT2D eigenvalue weighted by Crippen LogP contribution is 2.27. The Morgan fingerprint density at radius 2 is 2.25 bits per heavy atom. The van der Waals surface area contributed by atoms with Crippen molar-refractivity contribution < 1.29 is 0 Å². The second-order valence-electron chi connectivity index (χ2n) is 4.14. The lowest BCUT2D eigenvalue weighted by atomic mass is 10.1. The SMILES string of the molecule is CC(CCCN)CNCC1CC1. The molecule has 1 unspecified atom stereocenters. The number of rotatable bonds is 7. The smallest absolute Gasteiger partial charge is 0.00204 e. The molecule has 2 heteroatoms. The van der Waals surface area contributed by atoms with Crippen LogP contribution in [0, 0.1) is 11.8 Å². The number of hydrogen-bond donors (Lipinski definition) is 2. The van der Waals surface area contributed by atoms with Crippen LogP contribution in [-0.2, 0) is 0 Å². The molecule has 0 aromatic rings. The van der Waals surface area contributed by atoms with Gasteiger partial charge in [0.05, 0.1) is 0 Å². The van der Waals surface area contributed by atoms with E-state index in [9.17, 15) is 0 Å². The summed E-state index contributed by atoms with van der Waals surface area (Å²) in [7, 11) is 0. The largest absolute Gasteiger partial charge is 0.330 e. The Hall–Kier alpha value is -0.0800. The molecule has 1 rings (SSSR count). The first-order valence-corrected chi connectivity index (χ1v) is 5.23. The zero-order valence-electron chi connectivity index (χ0n) is 8.18. The van der Waals surface area contributed by atoms with Crippen molar-refractivity contribution in [2.24, 2.45) is 17.6 Å². The molecule has 72 valence electrons. The molecule has 2 nitrogen and oxygen atoms in total. The molecule has 0 bridgehead atoms. The van der Waals surface area contributed by atoms with Crippen molar-refractivity contribution in [3.8, 4) is 0 Å². The topological polar surface area (TPSA) is 38.0 Å². The molecular formula is C10H22N2. The van der Waals surface area contributed by atoms with E-state index in [1.165, 1.54) is 38.8 Å². The summed E-state index contributed by atoms with van der Waals surface area (Å²) in [6.07, 6.45) is 5.34. The zero-order chi connectivity index (χ0) is 8.81. The van der Waals surface area contributed by atoms with Crippen LogP contribution in [0.4, 0.5) is 0 Å². The van der Waals surface area contributed by atoms with E-state index in [0.29, 0.717) is 0 Å². The zero-order valence-corrected chi connectivity index (χ0v) is 8.18. The quantitative estimate of drug-likeness (QED) is 0.605. The molecule has 12 heavy (non-hydrogen) atoms. The third-order valence-corrected chi connectivity index (χ3v) is 2.52. The van der Waals surface area contributed by atoms with Crippen LogP contribution in [0.5, 0.6) is 0 Å². The molecule has 1 aliphatic carbocycles. The van der Waals surface area contributed by atoms with E-state index in [2.05, 4.69) is 12.2 Å². The Morgan fingerprint density at radius 3 is 2.83 bits per heavy atom. The van der Waals surface area contributed by atoms with Crippen molar-refractivity contribution in [3.05, 3.63) is 0 Å². The standard InChI is InChI=1S/C10H22N2/c1-9(3-2-6-11)7-12-8-10-4-5-10/h9-10,12H,2-8,11H2,1H3. The Labute approximate surface area is 75.9 Å². The monoisotopic (exact) mass is 170 g/mol. The second kappa shape index (κ2) is 5.55. The second-order valence-corrected chi connectivity index (χ2v) is 4.14. The molecule has 0 amide bonds. The minimum Gasteiger partial charge on any atom is -0.330 e. The van der Waals surface area contributed by atoms with Gasteiger partial charge in [0.2, 0.25) is 0 Å². The van der Waals surface area contributed by atoms with Gasteiger partial charge in [-0.1, -0.05) is 6.92 Å². The predicted molar refractivity (Wildman–Crippen MR) is 53.0 cm³/mol. The van der Waals surface area contributed by atoms with Crippen molar-refractivity contribution in [1.82, 2.24) is 5.32 Å². The van der Waals surface area contributed by atoms with Crippen molar-refractivity contribution in [2.75, 3.05) is 19.6 Å². The van der Waals surface area contributed by atoms with Crippen molar-refractivity contribution >= 4 is 0 Å². The average Bonchev–Trinajstić information content (AvgIpc) is 2.84. The van der Waals surface area contributed by atoms with Gasteiger partial charge >= 0.3 is 0 Å². The van der Waals surface area contributed by atoms with E-state index in [0.717, 1.165) is 18.4 Å². The molecule has 1 fully saturated rings. The average molecular weight is 170 g/mol. The number of nitrogens with one attached hydrogen (secondary N) is 1. The summed E-state index contributed by atoms with van der Waals surface area (Å²) in [6, 6.07) is 0. The minimum absolute atomic E-state index is 0.798. The third-order valence-electron chi connectivity index (χ3n) is 2.52. The normalized spacial score (nSPS) is 19.5. The van der Waals surface area contributed by atoms with Crippen molar-refractivity contribution in [3.63, 3.8) is 0 Å². The van der Waals surface area contributed by atoms with Crippen LogP contribution in [0.1, 0.15) is 32.6 Å². The van der Waals surface area contributed by atoms with Gasteiger partial charge in [0.15, 0.2) is 0 Å². The Balaban J connectivity index is 1.83. The maximum absolute atomic E-state index is 5.44. The fraction of sp³-hybridized carbons (Fsp3) is 1.00. The van der Waals surface area contributed by atoms with Crippen LogP contribution < -0.4 is 11.1 Å². The Kier molecular flexibility index (Phi) is 4.62. The van der Waals surface area contributed by atoms with Gasteiger partial charge in [-0.25, -0.2) is 0 Å². The maximum atomic E-state index is 5.44. The molecule has 0 aromatic heterocycles. The summed E-state index contributed by atoms with van der Waals surface area (Å²) in [6.45, 7) is 5.56. The lowest BCUT2D eigenvalue weighted by Gasteiger charge is -2.11. The number of nitrogens with two attached hydrogens (primary N) is 1. The lowest BCUT2D eigenvalue weighted by molar-refractivity contribution is 0.463. The molecular weight excluding hydrogens is 148 g/mol. The van der Waals surface area contributed by atoms with E-state index < -0.39 is 0 Å². The minimum atomic E-state index is 0.798.